The van der Waals surface area contributed by atoms with Crippen molar-refractivity contribution < 1.29 is 40.6 Å². The predicted octanol–water partition coefficient (Wildman–Crippen LogP) is 5.27. The van der Waals surface area contributed by atoms with Crippen LogP contribution in [0.2, 0.25) is 0 Å². The molecule has 4 nitrogen and oxygen atoms in total. The number of aliphatic imine (C=N–C) groups is 1. The summed E-state index contributed by atoms with van der Waals surface area (Å²) in [5, 5.41) is 0. The summed E-state index contributed by atoms with van der Waals surface area (Å²) in [6, 6.07) is 7.36. The molecule has 0 fully saturated rings. The molecule has 0 aliphatic carbocycles. The summed E-state index contributed by atoms with van der Waals surface area (Å²) in [4.78, 5) is 4.15. The van der Waals surface area contributed by atoms with E-state index in [2.05, 4.69) is 4.99 Å². The lowest BCUT2D eigenvalue weighted by Gasteiger charge is -2.38. The molecule has 2 aliphatic heterocycles. The molecule has 10 heteroatoms. The van der Waals surface area contributed by atoms with Gasteiger partial charge in [-0.15, -0.1) is 0 Å². The molecule has 0 saturated carbocycles. The lowest BCUT2D eigenvalue weighted by molar-refractivity contribution is -0.272. The number of hydrogen-bond donors (Lipinski definition) is 0. The second-order valence-electron chi connectivity index (χ2n) is 7.24. The highest BCUT2D eigenvalue weighted by atomic mass is 19.4. The van der Waals surface area contributed by atoms with Crippen molar-refractivity contribution in [2.75, 3.05) is 20.4 Å². The summed E-state index contributed by atoms with van der Waals surface area (Å²) in [7, 11) is 0.977. The summed E-state index contributed by atoms with van der Waals surface area (Å²) in [5.74, 6) is 0.489. The molecule has 31 heavy (non-hydrogen) atoms. The van der Waals surface area contributed by atoms with Gasteiger partial charge in [0.2, 0.25) is 12.4 Å². The molecule has 0 radical (unpaired) electrons. The highest BCUT2D eigenvalue weighted by molar-refractivity contribution is 6.03. The molecule has 2 aromatic carbocycles. The maximum Gasteiger partial charge on any atom is 0.423 e. The monoisotopic (exact) mass is 445 g/mol. The van der Waals surface area contributed by atoms with Crippen LogP contribution in [0.25, 0.3) is 0 Å². The van der Waals surface area contributed by atoms with Crippen LogP contribution in [0.5, 0.6) is 11.5 Å². The number of methoxy groups -OCH3 is 1. The number of hydrogen-bond acceptors (Lipinski definition) is 4. The molecule has 0 saturated heterocycles. The minimum Gasteiger partial charge on any atom is -0.454 e. The topological polar surface area (TPSA) is 40.0 Å². The molecule has 2 aliphatic rings. The Kier molecular flexibility index (Phi) is 5.15. The Bertz CT molecular complexity index is 1010. The van der Waals surface area contributed by atoms with E-state index in [1.54, 1.807) is 0 Å². The molecule has 1 unspecified atom stereocenters. The van der Waals surface area contributed by atoms with Crippen LogP contribution in [0, 0.1) is 0 Å². The van der Waals surface area contributed by atoms with Gasteiger partial charge in [-0.1, -0.05) is 12.1 Å². The van der Waals surface area contributed by atoms with Crippen LogP contribution < -0.4 is 9.47 Å². The fourth-order valence-corrected chi connectivity index (χ4v) is 3.76. The van der Waals surface area contributed by atoms with Crippen LogP contribution in [0.15, 0.2) is 41.4 Å². The molecular formula is C21H17F6NO3. The number of aryl methyl sites for hydroxylation is 1. The van der Waals surface area contributed by atoms with Crippen LogP contribution in [-0.2, 0) is 22.9 Å². The highest BCUT2D eigenvalue weighted by Crippen LogP contribution is 2.49. The zero-order valence-electron chi connectivity index (χ0n) is 16.2. The number of halogens is 6. The van der Waals surface area contributed by atoms with Gasteiger partial charge in [0.05, 0.1) is 12.1 Å². The summed E-state index contributed by atoms with van der Waals surface area (Å²) in [5.41, 5.74) is -2.28. The molecule has 2 aromatic rings. The average molecular weight is 445 g/mol. The van der Waals surface area contributed by atoms with Gasteiger partial charge in [-0.2, -0.15) is 26.3 Å². The van der Waals surface area contributed by atoms with Gasteiger partial charge in [0.25, 0.3) is 0 Å². The molecule has 0 aromatic heterocycles. The standard InChI is InChI=1S/C21H17F6NO3/c1-29-19(21(25,26)27)10-28-16(14-8-17-18(9-15(14)19)31-11-30-17)7-4-12-2-5-13(6-3-12)20(22,23)24/h2-3,5-6,8-9H,4,7,10-11H2,1H3. The Hall–Kier alpha value is -2.75. The van der Waals surface area contributed by atoms with Gasteiger partial charge in [-0.05, 0) is 42.7 Å². The van der Waals surface area contributed by atoms with E-state index in [9.17, 15) is 26.3 Å². The average Bonchev–Trinajstić information content (AvgIpc) is 3.17. The molecule has 1 atom stereocenters. The second kappa shape index (κ2) is 7.44. The number of fused-ring (bicyclic) bond motifs is 2. The maximum atomic E-state index is 14.0. The van der Waals surface area contributed by atoms with Crippen molar-refractivity contribution in [3.05, 3.63) is 58.7 Å². The third kappa shape index (κ3) is 3.73. The zero-order valence-corrected chi connectivity index (χ0v) is 16.2. The third-order valence-corrected chi connectivity index (χ3v) is 5.49. The van der Waals surface area contributed by atoms with Crippen molar-refractivity contribution in [2.24, 2.45) is 4.99 Å². The van der Waals surface area contributed by atoms with Crippen LogP contribution in [0.4, 0.5) is 26.3 Å². The van der Waals surface area contributed by atoms with Crippen molar-refractivity contribution >= 4 is 5.71 Å². The Morgan fingerprint density at radius 2 is 1.61 bits per heavy atom. The molecule has 0 amide bonds. The molecule has 0 spiro atoms. The van der Waals surface area contributed by atoms with Gasteiger partial charge < -0.3 is 14.2 Å². The molecule has 0 bridgehead atoms. The Morgan fingerprint density at radius 3 is 2.19 bits per heavy atom. The van der Waals surface area contributed by atoms with Crippen LogP contribution in [0.1, 0.15) is 28.7 Å². The van der Waals surface area contributed by atoms with Crippen LogP contribution in [-0.4, -0.2) is 32.3 Å². The van der Waals surface area contributed by atoms with Crippen molar-refractivity contribution in [3.8, 4) is 11.5 Å². The first-order valence-corrected chi connectivity index (χ1v) is 9.31. The Morgan fingerprint density at radius 1 is 0.968 bits per heavy atom. The van der Waals surface area contributed by atoms with E-state index in [1.807, 2.05) is 0 Å². The third-order valence-electron chi connectivity index (χ3n) is 5.49. The first-order chi connectivity index (χ1) is 14.5. The largest absolute Gasteiger partial charge is 0.454 e. The highest BCUT2D eigenvalue weighted by Gasteiger charge is 2.59. The molecule has 166 valence electrons. The number of benzene rings is 2. The van der Waals surface area contributed by atoms with Crippen molar-refractivity contribution in [3.63, 3.8) is 0 Å². The van der Waals surface area contributed by atoms with Gasteiger partial charge in [-0.25, -0.2) is 0 Å². The molecule has 0 N–H and O–H groups in total. The molecule has 2 heterocycles. The van der Waals surface area contributed by atoms with Gasteiger partial charge in [0.15, 0.2) is 11.5 Å². The number of ether oxygens (including phenoxy) is 3. The minimum atomic E-state index is -4.73. The SMILES string of the molecule is COC1(C(F)(F)F)CN=C(CCc2ccc(C(F)(F)F)cc2)c2cc3c(cc21)OCO3. The van der Waals surface area contributed by atoms with Crippen molar-refractivity contribution in [1.82, 2.24) is 0 Å². The van der Waals surface area contributed by atoms with E-state index in [1.165, 1.54) is 24.3 Å². The summed E-state index contributed by atoms with van der Waals surface area (Å²) in [6.07, 6.45) is -8.63. The normalized spacial score (nSPS) is 20.4. The van der Waals surface area contributed by atoms with Crippen molar-refractivity contribution in [2.45, 2.75) is 30.8 Å². The van der Waals surface area contributed by atoms with Crippen LogP contribution in [0.3, 0.4) is 0 Å². The van der Waals surface area contributed by atoms with Crippen molar-refractivity contribution in [1.29, 1.82) is 0 Å². The zero-order chi connectivity index (χ0) is 22.4. The fourth-order valence-electron chi connectivity index (χ4n) is 3.76. The minimum absolute atomic E-state index is 0.109. The van der Waals surface area contributed by atoms with E-state index in [4.69, 9.17) is 14.2 Å². The number of alkyl halides is 6. The fraction of sp³-hybridized carbons (Fsp3) is 0.381. The van der Waals surface area contributed by atoms with E-state index in [0.717, 1.165) is 19.2 Å². The quantitative estimate of drug-likeness (QED) is 0.602. The lowest BCUT2D eigenvalue weighted by Crippen LogP contribution is -2.49. The summed E-state index contributed by atoms with van der Waals surface area (Å²) < 4.78 is 95.6. The summed E-state index contributed by atoms with van der Waals surface area (Å²) in [6.45, 7) is -0.774. The number of nitrogens with zero attached hydrogens (tertiary/aromatic N) is 1. The van der Waals surface area contributed by atoms with E-state index in [0.29, 0.717) is 23.4 Å². The van der Waals surface area contributed by atoms with Gasteiger partial charge >= 0.3 is 12.4 Å². The number of rotatable bonds is 4. The smallest absolute Gasteiger partial charge is 0.423 e. The first kappa shape index (κ1) is 21.5. The Balaban J connectivity index is 1.65. The molecule has 4 rings (SSSR count). The van der Waals surface area contributed by atoms with E-state index < -0.39 is 30.1 Å². The van der Waals surface area contributed by atoms with E-state index in [-0.39, 0.29) is 30.1 Å². The second-order valence-corrected chi connectivity index (χ2v) is 7.24. The molecular weight excluding hydrogens is 428 g/mol. The summed E-state index contributed by atoms with van der Waals surface area (Å²) >= 11 is 0. The Labute approximate surface area is 173 Å². The maximum absolute atomic E-state index is 14.0. The lowest BCUT2D eigenvalue weighted by atomic mass is 9.82. The van der Waals surface area contributed by atoms with Gasteiger partial charge in [0.1, 0.15) is 0 Å². The predicted molar refractivity (Wildman–Crippen MR) is 98.5 cm³/mol. The van der Waals surface area contributed by atoms with Gasteiger partial charge in [0, 0.05) is 23.9 Å². The van der Waals surface area contributed by atoms with E-state index >= 15 is 0 Å². The first-order valence-electron chi connectivity index (χ1n) is 9.31. The van der Waals surface area contributed by atoms with Gasteiger partial charge in [-0.3, -0.25) is 4.99 Å². The van der Waals surface area contributed by atoms with Crippen LogP contribution >= 0.6 is 0 Å².